The first-order valence-electron chi connectivity index (χ1n) is 7.08. The minimum absolute atomic E-state index is 0.0669. The van der Waals surface area contributed by atoms with Gasteiger partial charge in [0.25, 0.3) is 0 Å². The minimum Gasteiger partial charge on any atom is -0.465 e. The molecule has 26 heavy (non-hydrogen) atoms. The third kappa shape index (κ3) is 3.60. The Hall–Kier alpha value is -2.72. The first kappa shape index (κ1) is 18.1. The largest absolute Gasteiger partial charge is 0.465 e. The number of carbonyl (C=O) groups is 1. The van der Waals surface area contributed by atoms with E-state index in [2.05, 4.69) is 15.3 Å². The second-order valence-electron chi connectivity index (χ2n) is 5.44. The topological polar surface area (TPSA) is 117 Å². The Morgan fingerprint density at radius 3 is 2.58 bits per heavy atom. The highest BCUT2D eigenvalue weighted by Crippen LogP contribution is 2.22. The quantitative estimate of drug-likeness (QED) is 0.754. The zero-order chi connectivity index (χ0) is 19.1. The second kappa shape index (κ2) is 6.22. The summed E-state index contributed by atoms with van der Waals surface area (Å²) >= 11 is 5.60. The number of carboxylic acid groups (broad SMARTS) is 1. The van der Waals surface area contributed by atoms with Gasteiger partial charge >= 0.3 is 16.2 Å². The molecule has 2 aromatic carbocycles. The maximum absolute atomic E-state index is 13.2. The van der Waals surface area contributed by atoms with E-state index in [0.29, 0.717) is 5.36 Å². The molecule has 1 atom stereocenters. The van der Waals surface area contributed by atoms with Gasteiger partial charge in [-0.25, -0.2) is 19.2 Å². The maximum atomic E-state index is 13.2. The zero-order valence-electron chi connectivity index (χ0n) is 13.1. The number of fused-ring (bicyclic) bond motifs is 1. The van der Waals surface area contributed by atoms with Gasteiger partial charge in [0.1, 0.15) is 16.5 Å². The molecule has 136 valence electrons. The molecule has 0 saturated heterocycles. The Bertz CT molecular complexity index is 1140. The Morgan fingerprint density at radius 1 is 1.23 bits per heavy atom. The average Bonchev–Trinajstić information content (AvgIpc) is 2.83. The van der Waals surface area contributed by atoms with Crippen LogP contribution in [0.5, 0.6) is 5.75 Å². The summed E-state index contributed by atoms with van der Waals surface area (Å²) in [7, 11) is -4.25. The molecule has 1 aliphatic heterocycles. The number of hydrogen-bond donors (Lipinski definition) is 2. The van der Waals surface area contributed by atoms with Gasteiger partial charge in [-0.1, -0.05) is 11.6 Å². The standard InChI is InChI=1S/C15H11ClFN3O5S/c1-15(20-14(21)22)18-12-5-2-8(6-13(12)19-15)25-26(23,24)9-3-4-11(17)10(16)7-9/h2-7,20H,1H3,(H,21,22). The molecule has 2 N–H and O–H groups in total. The fourth-order valence-electron chi connectivity index (χ4n) is 2.30. The predicted molar refractivity (Wildman–Crippen MR) is 87.5 cm³/mol. The summed E-state index contributed by atoms with van der Waals surface area (Å²) in [5, 5.41) is 11.2. The molecule has 0 fully saturated rings. The molecule has 1 aliphatic rings. The van der Waals surface area contributed by atoms with Crippen molar-refractivity contribution >= 4 is 27.8 Å². The smallest absolute Gasteiger partial charge is 0.408 e. The second-order valence-corrected chi connectivity index (χ2v) is 7.39. The average molecular weight is 400 g/mol. The van der Waals surface area contributed by atoms with E-state index < -0.39 is 27.8 Å². The minimum atomic E-state index is -4.25. The molecular weight excluding hydrogens is 389 g/mol. The van der Waals surface area contributed by atoms with Crippen molar-refractivity contribution in [1.82, 2.24) is 5.32 Å². The summed E-state index contributed by atoms with van der Waals surface area (Å²) < 4.78 is 42.8. The van der Waals surface area contributed by atoms with Crippen molar-refractivity contribution in [1.29, 1.82) is 0 Å². The molecule has 0 bridgehead atoms. The fraction of sp³-hybridized carbons (Fsp3) is 0.133. The van der Waals surface area contributed by atoms with E-state index in [4.69, 9.17) is 20.9 Å². The number of halogens is 2. The van der Waals surface area contributed by atoms with Crippen molar-refractivity contribution in [2.24, 2.45) is 9.98 Å². The monoisotopic (exact) mass is 399 g/mol. The summed E-state index contributed by atoms with van der Waals surface area (Å²) in [4.78, 5) is 18.7. The van der Waals surface area contributed by atoms with E-state index in [1.54, 1.807) is 0 Å². The molecule has 11 heteroatoms. The maximum Gasteiger partial charge on any atom is 0.408 e. The van der Waals surface area contributed by atoms with Crippen LogP contribution in [-0.2, 0) is 10.1 Å². The third-order valence-electron chi connectivity index (χ3n) is 3.35. The van der Waals surface area contributed by atoms with E-state index in [1.807, 2.05) is 0 Å². The van der Waals surface area contributed by atoms with Crippen LogP contribution < -0.4 is 20.2 Å². The lowest BCUT2D eigenvalue weighted by molar-refractivity contribution is 0.182. The Balaban J connectivity index is 1.93. The summed E-state index contributed by atoms with van der Waals surface area (Å²) in [6.45, 7) is 1.44. The van der Waals surface area contributed by atoms with Crippen molar-refractivity contribution < 1.29 is 26.9 Å². The van der Waals surface area contributed by atoms with Gasteiger partial charge in [-0.2, -0.15) is 8.42 Å². The zero-order valence-corrected chi connectivity index (χ0v) is 14.7. The number of nitrogens with zero attached hydrogens (tertiary/aromatic N) is 2. The van der Waals surface area contributed by atoms with Crippen LogP contribution in [0.25, 0.3) is 0 Å². The molecule has 0 radical (unpaired) electrons. The third-order valence-corrected chi connectivity index (χ3v) is 4.89. The van der Waals surface area contributed by atoms with Gasteiger partial charge in [-0.3, -0.25) is 5.32 Å². The Labute approximate surface area is 151 Å². The van der Waals surface area contributed by atoms with E-state index in [-0.39, 0.29) is 21.0 Å². The van der Waals surface area contributed by atoms with Crippen molar-refractivity contribution in [3.63, 3.8) is 0 Å². The highest BCUT2D eigenvalue weighted by atomic mass is 35.5. The van der Waals surface area contributed by atoms with Crippen LogP contribution in [0.4, 0.5) is 9.18 Å². The number of hydrogen-bond acceptors (Lipinski definition) is 6. The molecule has 1 unspecified atom stereocenters. The van der Waals surface area contributed by atoms with E-state index in [9.17, 15) is 17.6 Å². The van der Waals surface area contributed by atoms with Crippen molar-refractivity contribution in [3.05, 3.63) is 58.0 Å². The molecule has 1 heterocycles. The van der Waals surface area contributed by atoms with E-state index in [1.165, 1.54) is 25.1 Å². The van der Waals surface area contributed by atoms with Gasteiger partial charge in [0.2, 0.25) is 5.79 Å². The van der Waals surface area contributed by atoms with Gasteiger partial charge in [-0.15, -0.1) is 0 Å². The van der Waals surface area contributed by atoms with Crippen LogP contribution in [0.15, 0.2) is 51.3 Å². The summed E-state index contributed by atoms with van der Waals surface area (Å²) in [6.07, 6.45) is -1.31. The number of benzene rings is 2. The molecule has 1 amide bonds. The van der Waals surface area contributed by atoms with Gasteiger partial charge < -0.3 is 9.29 Å². The molecule has 3 rings (SSSR count). The van der Waals surface area contributed by atoms with Crippen LogP contribution >= 0.6 is 11.6 Å². The van der Waals surface area contributed by atoms with E-state index in [0.717, 1.165) is 18.2 Å². The van der Waals surface area contributed by atoms with Crippen LogP contribution in [0.3, 0.4) is 0 Å². The van der Waals surface area contributed by atoms with Gasteiger partial charge in [0.05, 0.1) is 15.7 Å². The van der Waals surface area contributed by atoms with Crippen molar-refractivity contribution in [2.45, 2.75) is 17.6 Å². The van der Waals surface area contributed by atoms with Crippen LogP contribution in [0.1, 0.15) is 6.92 Å². The molecule has 0 aliphatic carbocycles. The first-order chi connectivity index (χ1) is 12.1. The molecule has 0 aromatic heterocycles. The number of rotatable bonds is 4. The van der Waals surface area contributed by atoms with Gasteiger partial charge in [0.15, 0.2) is 0 Å². The van der Waals surface area contributed by atoms with Gasteiger partial charge in [0, 0.05) is 13.0 Å². The molecule has 0 spiro atoms. The summed E-state index contributed by atoms with van der Waals surface area (Å²) in [5.74, 6) is -2.23. The summed E-state index contributed by atoms with van der Waals surface area (Å²) in [6, 6.07) is 6.96. The Morgan fingerprint density at radius 2 is 1.92 bits per heavy atom. The first-order valence-corrected chi connectivity index (χ1v) is 8.87. The lowest BCUT2D eigenvalue weighted by atomic mass is 10.3. The SMILES string of the molecule is CC1(NC(=O)O)N=c2ccc(OS(=O)(=O)c3ccc(F)c(Cl)c3)cc2=N1. The molecular formula is C15H11ClFN3O5S. The lowest BCUT2D eigenvalue weighted by Gasteiger charge is -2.16. The summed E-state index contributed by atoms with van der Waals surface area (Å²) in [5.41, 5.74) is 0. The van der Waals surface area contributed by atoms with Crippen molar-refractivity contribution in [3.8, 4) is 5.75 Å². The van der Waals surface area contributed by atoms with Gasteiger partial charge in [-0.05, 0) is 30.3 Å². The highest BCUT2D eigenvalue weighted by molar-refractivity contribution is 7.87. The number of nitrogens with one attached hydrogen (secondary N) is 1. The number of amides is 1. The Kier molecular flexibility index (Phi) is 4.32. The molecule has 8 nitrogen and oxygen atoms in total. The lowest BCUT2D eigenvalue weighted by Crippen LogP contribution is -2.41. The van der Waals surface area contributed by atoms with Crippen molar-refractivity contribution in [2.75, 3.05) is 0 Å². The predicted octanol–water partition coefficient (Wildman–Crippen LogP) is 1.44. The molecule has 0 saturated carbocycles. The van der Waals surface area contributed by atoms with Crippen LogP contribution in [-0.4, -0.2) is 25.4 Å². The van der Waals surface area contributed by atoms with Crippen LogP contribution in [0, 0.1) is 5.82 Å². The van der Waals surface area contributed by atoms with Crippen LogP contribution in [0.2, 0.25) is 5.02 Å². The fourth-order valence-corrected chi connectivity index (χ4v) is 3.49. The highest BCUT2D eigenvalue weighted by Gasteiger charge is 2.27. The molecule has 2 aromatic rings. The normalized spacial score (nSPS) is 18.4. The van der Waals surface area contributed by atoms with E-state index >= 15 is 0 Å².